The van der Waals surface area contributed by atoms with E-state index in [-0.39, 0.29) is 17.1 Å². The van der Waals surface area contributed by atoms with E-state index in [1.807, 2.05) is 0 Å². The number of nitrogens with zero attached hydrogens (tertiary/aromatic N) is 1. The number of para-hydroxylation sites is 1. The largest absolute Gasteiger partial charge is 0.493 e. The average Bonchev–Trinajstić information content (AvgIpc) is 2.49. The van der Waals surface area contributed by atoms with Crippen molar-refractivity contribution in [3.8, 4) is 23.1 Å². The maximum absolute atomic E-state index is 11.3. The van der Waals surface area contributed by atoms with Crippen molar-refractivity contribution in [2.75, 3.05) is 20.0 Å². The van der Waals surface area contributed by atoms with E-state index in [1.165, 1.54) is 26.5 Å². The molecule has 0 aliphatic carbocycles. The SMILES string of the molecule is COc1cccc(OC)c1Oc1cc(C(N)=O)c(N)cn1. The quantitative estimate of drug-likeness (QED) is 0.864. The van der Waals surface area contributed by atoms with Gasteiger partial charge in [0.15, 0.2) is 11.5 Å². The zero-order valence-corrected chi connectivity index (χ0v) is 11.6. The molecule has 4 N–H and O–H groups in total. The Morgan fingerprint density at radius 3 is 2.33 bits per heavy atom. The van der Waals surface area contributed by atoms with Crippen molar-refractivity contribution < 1.29 is 19.0 Å². The van der Waals surface area contributed by atoms with Crippen molar-refractivity contribution in [2.45, 2.75) is 0 Å². The maximum atomic E-state index is 11.3. The predicted molar refractivity (Wildman–Crippen MR) is 76.8 cm³/mol. The van der Waals surface area contributed by atoms with Crippen molar-refractivity contribution in [3.63, 3.8) is 0 Å². The highest BCUT2D eigenvalue weighted by Gasteiger charge is 2.15. The number of aromatic nitrogens is 1. The first-order valence-corrected chi connectivity index (χ1v) is 6.01. The van der Waals surface area contributed by atoms with E-state index in [0.717, 1.165) is 0 Å². The summed E-state index contributed by atoms with van der Waals surface area (Å²) >= 11 is 0. The molecule has 1 amide bonds. The Labute approximate surface area is 121 Å². The summed E-state index contributed by atoms with van der Waals surface area (Å²) in [5.41, 5.74) is 11.2. The van der Waals surface area contributed by atoms with E-state index in [9.17, 15) is 4.79 Å². The summed E-state index contributed by atoms with van der Waals surface area (Å²) in [4.78, 5) is 15.3. The lowest BCUT2D eigenvalue weighted by Crippen LogP contribution is -2.14. The molecular formula is C14H15N3O4. The van der Waals surface area contributed by atoms with Gasteiger partial charge in [-0.15, -0.1) is 0 Å². The zero-order valence-electron chi connectivity index (χ0n) is 11.6. The van der Waals surface area contributed by atoms with Crippen molar-refractivity contribution in [1.82, 2.24) is 4.98 Å². The molecule has 0 saturated carbocycles. The van der Waals surface area contributed by atoms with E-state index in [1.54, 1.807) is 18.2 Å². The highest BCUT2D eigenvalue weighted by atomic mass is 16.5. The number of carbonyl (C=O) groups is 1. The second-order valence-electron chi connectivity index (χ2n) is 4.07. The molecule has 21 heavy (non-hydrogen) atoms. The Hall–Kier alpha value is -2.96. The molecule has 0 radical (unpaired) electrons. The van der Waals surface area contributed by atoms with Gasteiger partial charge < -0.3 is 25.7 Å². The number of methoxy groups -OCH3 is 2. The van der Waals surface area contributed by atoms with Crippen LogP contribution in [0.5, 0.6) is 23.1 Å². The van der Waals surface area contributed by atoms with Crippen LogP contribution in [0.3, 0.4) is 0 Å². The fourth-order valence-corrected chi connectivity index (χ4v) is 1.74. The van der Waals surface area contributed by atoms with Gasteiger partial charge in [-0.05, 0) is 12.1 Å². The number of carbonyl (C=O) groups excluding carboxylic acids is 1. The molecule has 0 bridgehead atoms. The zero-order chi connectivity index (χ0) is 15.4. The second-order valence-corrected chi connectivity index (χ2v) is 4.07. The molecule has 2 rings (SSSR count). The molecule has 0 saturated heterocycles. The standard InChI is InChI=1S/C14H15N3O4/c1-19-10-4-3-5-11(20-2)13(10)21-12-6-8(14(16)18)9(15)7-17-12/h3-7H,15H2,1-2H3,(H2,16,18). The summed E-state index contributed by atoms with van der Waals surface area (Å²) in [6, 6.07) is 6.55. The smallest absolute Gasteiger partial charge is 0.251 e. The average molecular weight is 289 g/mol. The number of benzene rings is 1. The molecule has 7 nitrogen and oxygen atoms in total. The van der Waals surface area contributed by atoms with Gasteiger partial charge in [-0.25, -0.2) is 4.98 Å². The van der Waals surface area contributed by atoms with Crippen LogP contribution in [0, 0.1) is 0 Å². The summed E-state index contributed by atoms with van der Waals surface area (Å²) in [7, 11) is 3.01. The number of pyridine rings is 1. The van der Waals surface area contributed by atoms with E-state index in [0.29, 0.717) is 17.2 Å². The van der Waals surface area contributed by atoms with Gasteiger partial charge in [0.05, 0.1) is 31.7 Å². The summed E-state index contributed by atoms with van der Waals surface area (Å²) < 4.78 is 16.1. The van der Waals surface area contributed by atoms with Gasteiger partial charge in [0.25, 0.3) is 5.91 Å². The Bertz CT molecular complexity index is 651. The molecule has 0 atom stereocenters. The summed E-state index contributed by atoms with van der Waals surface area (Å²) in [5, 5.41) is 0. The minimum absolute atomic E-state index is 0.133. The number of nitrogens with two attached hydrogens (primary N) is 2. The first-order chi connectivity index (χ1) is 10.1. The van der Waals surface area contributed by atoms with E-state index < -0.39 is 5.91 Å². The van der Waals surface area contributed by atoms with Gasteiger partial charge in [0.1, 0.15) is 0 Å². The first kappa shape index (κ1) is 14.4. The number of amides is 1. The van der Waals surface area contributed by atoms with Gasteiger partial charge in [0.2, 0.25) is 11.6 Å². The highest BCUT2D eigenvalue weighted by molar-refractivity contribution is 5.98. The number of anilines is 1. The van der Waals surface area contributed by atoms with Gasteiger partial charge in [-0.3, -0.25) is 4.79 Å². The molecule has 7 heteroatoms. The topological polar surface area (TPSA) is 110 Å². The van der Waals surface area contributed by atoms with Crippen LogP contribution in [-0.2, 0) is 0 Å². The molecule has 110 valence electrons. The predicted octanol–water partition coefficient (Wildman–Crippen LogP) is 1.57. The van der Waals surface area contributed by atoms with Crippen LogP contribution < -0.4 is 25.7 Å². The first-order valence-electron chi connectivity index (χ1n) is 6.01. The lowest BCUT2D eigenvalue weighted by atomic mass is 10.2. The minimum atomic E-state index is -0.660. The molecule has 0 fully saturated rings. The number of nitrogen functional groups attached to an aromatic ring is 1. The Kier molecular flexibility index (Phi) is 4.13. The molecule has 0 aliphatic heterocycles. The number of hydrogen-bond donors (Lipinski definition) is 2. The lowest BCUT2D eigenvalue weighted by molar-refractivity contribution is 0.100. The Morgan fingerprint density at radius 1 is 1.19 bits per heavy atom. The Morgan fingerprint density at radius 2 is 1.81 bits per heavy atom. The molecule has 0 unspecified atom stereocenters. The third-order valence-corrected chi connectivity index (χ3v) is 2.76. The van der Waals surface area contributed by atoms with Crippen LogP contribution in [0.4, 0.5) is 5.69 Å². The number of primary amides is 1. The number of ether oxygens (including phenoxy) is 3. The molecule has 1 heterocycles. The van der Waals surface area contributed by atoms with Crippen molar-refractivity contribution in [1.29, 1.82) is 0 Å². The van der Waals surface area contributed by atoms with E-state index in [2.05, 4.69) is 4.98 Å². The molecule has 2 aromatic rings. The Balaban J connectivity index is 2.43. The maximum Gasteiger partial charge on any atom is 0.251 e. The molecule has 0 spiro atoms. The van der Waals surface area contributed by atoms with Crippen molar-refractivity contribution in [2.24, 2.45) is 5.73 Å². The second kappa shape index (κ2) is 6.00. The molecule has 0 aliphatic rings. The molecule has 1 aromatic carbocycles. The van der Waals surface area contributed by atoms with Crippen LogP contribution in [-0.4, -0.2) is 25.1 Å². The van der Waals surface area contributed by atoms with Crippen LogP contribution >= 0.6 is 0 Å². The van der Waals surface area contributed by atoms with Crippen LogP contribution in [0.2, 0.25) is 0 Å². The minimum Gasteiger partial charge on any atom is -0.493 e. The normalized spacial score (nSPS) is 10.0. The third-order valence-electron chi connectivity index (χ3n) is 2.76. The fraction of sp³-hybridized carbons (Fsp3) is 0.143. The van der Waals surface area contributed by atoms with Crippen LogP contribution in [0.15, 0.2) is 30.5 Å². The van der Waals surface area contributed by atoms with Gasteiger partial charge >= 0.3 is 0 Å². The number of hydrogen-bond acceptors (Lipinski definition) is 6. The van der Waals surface area contributed by atoms with Crippen LogP contribution in [0.25, 0.3) is 0 Å². The monoisotopic (exact) mass is 289 g/mol. The highest BCUT2D eigenvalue weighted by Crippen LogP contribution is 2.39. The summed E-state index contributed by atoms with van der Waals surface area (Å²) in [6.45, 7) is 0. The molecular weight excluding hydrogens is 274 g/mol. The van der Waals surface area contributed by atoms with Crippen LogP contribution in [0.1, 0.15) is 10.4 Å². The van der Waals surface area contributed by atoms with Gasteiger partial charge in [-0.2, -0.15) is 0 Å². The number of rotatable bonds is 5. The third kappa shape index (κ3) is 2.97. The summed E-state index contributed by atoms with van der Waals surface area (Å²) in [6.07, 6.45) is 1.30. The fourth-order valence-electron chi connectivity index (χ4n) is 1.74. The van der Waals surface area contributed by atoms with Crippen molar-refractivity contribution in [3.05, 3.63) is 36.0 Å². The van der Waals surface area contributed by atoms with Gasteiger partial charge in [-0.1, -0.05) is 6.07 Å². The molecule has 1 aromatic heterocycles. The van der Waals surface area contributed by atoms with E-state index in [4.69, 9.17) is 25.7 Å². The lowest BCUT2D eigenvalue weighted by Gasteiger charge is -2.13. The van der Waals surface area contributed by atoms with E-state index >= 15 is 0 Å². The van der Waals surface area contributed by atoms with Crippen molar-refractivity contribution >= 4 is 11.6 Å². The van der Waals surface area contributed by atoms with Gasteiger partial charge in [0, 0.05) is 6.07 Å². The summed E-state index contributed by atoms with van der Waals surface area (Å²) in [5.74, 6) is 0.768.